The molecule has 0 saturated heterocycles. The van der Waals surface area contributed by atoms with Gasteiger partial charge < -0.3 is 15.4 Å². The minimum atomic E-state index is -5.29. The summed E-state index contributed by atoms with van der Waals surface area (Å²) in [4.78, 5) is 24.4. The number of rotatable bonds is 6. The number of anilines is 2. The van der Waals surface area contributed by atoms with E-state index in [4.69, 9.17) is 0 Å². The number of halogens is 4. The lowest BCUT2D eigenvalue weighted by atomic mass is 10.1. The molecule has 0 aliphatic heterocycles. The Bertz CT molecular complexity index is 813. The number of benzene rings is 2. The van der Waals surface area contributed by atoms with Crippen LogP contribution >= 0.6 is 0 Å². The van der Waals surface area contributed by atoms with E-state index < -0.39 is 29.7 Å². The molecule has 10 heteroatoms. The fraction of sp³-hybridized carbons (Fsp3) is 0.222. The highest BCUT2D eigenvalue weighted by Gasteiger charge is 2.63. The molecule has 0 aliphatic rings. The predicted octanol–water partition coefficient (Wildman–Crippen LogP) is 3.88. The normalized spacial score (nSPS) is 13.2. The Kier molecular flexibility index (Phi) is 6.45. The molecule has 2 aromatic rings. The van der Waals surface area contributed by atoms with Crippen LogP contribution in [0, 0.1) is 5.82 Å². The van der Waals surface area contributed by atoms with Gasteiger partial charge in [-0.05, 0) is 43.3 Å². The van der Waals surface area contributed by atoms with Crippen LogP contribution in [0.3, 0.4) is 0 Å². The van der Waals surface area contributed by atoms with Crippen molar-refractivity contribution in [3.8, 4) is 0 Å². The molecule has 2 aromatic carbocycles. The molecule has 2 rings (SSSR count). The van der Waals surface area contributed by atoms with Crippen LogP contribution in [0.5, 0.6) is 0 Å². The summed E-state index contributed by atoms with van der Waals surface area (Å²) in [7, 11) is 0. The monoisotopic (exact) mass is 399 g/mol. The van der Waals surface area contributed by atoms with Crippen LogP contribution in [0.25, 0.3) is 0 Å². The van der Waals surface area contributed by atoms with Crippen LogP contribution in [0.2, 0.25) is 0 Å². The first-order valence-corrected chi connectivity index (χ1v) is 8.10. The summed E-state index contributed by atoms with van der Waals surface area (Å²) >= 11 is 0. The summed E-state index contributed by atoms with van der Waals surface area (Å²) < 4.78 is 59.4. The van der Waals surface area contributed by atoms with Crippen molar-refractivity contribution in [3.05, 3.63) is 60.4 Å². The van der Waals surface area contributed by atoms with Crippen LogP contribution in [0.4, 0.5) is 33.7 Å². The molecule has 0 bridgehead atoms. The first-order chi connectivity index (χ1) is 13.2. The molecule has 150 valence electrons. The van der Waals surface area contributed by atoms with E-state index in [9.17, 15) is 27.2 Å². The van der Waals surface area contributed by atoms with Gasteiger partial charge in [0.15, 0.2) is 0 Å². The number of nitrogens with one attached hydrogen (secondary N) is 3. The molecule has 0 heterocycles. The van der Waals surface area contributed by atoms with Crippen molar-refractivity contribution in [3.63, 3.8) is 0 Å². The Morgan fingerprint density at radius 2 is 1.57 bits per heavy atom. The van der Waals surface area contributed by atoms with Crippen molar-refractivity contribution >= 4 is 23.4 Å². The number of alkyl halides is 3. The largest absolute Gasteiger partial charge is 0.463 e. The highest BCUT2D eigenvalue weighted by molar-refractivity contribution is 5.96. The first kappa shape index (κ1) is 21.0. The number of esters is 1. The zero-order chi connectivity index (χ0) is 20.8. The lowest BCUT2D eigenvalue weighted by Crippen LogP contribution is -2.70. The highest BCUT2D eigenvalue weighted by Crippen LogP contribution is 2.33. The molecular weight excluding hydrogens is 382 g/mol. The van der Waals surface area contributed by atoms with E-state index >= 15 is 0 Å². The minimum absolute atomic E-state index is 0.210. The lowest BCUT2D eigenvalue weighted by Gasteiger charge is -2.35. The second-order valence-corrected chi connectivity index (χ2v) is 5.55. The van der Waals surface area contributed by atoms with Crippen LogP contribution in [0.15, 0.2) is 54.6 Å². The van der Waals surface area contributed by atoms with Crippen molar-refractivity contribution in [2.75, 3.05) is 17.2 Å². The molecule has 0 aliphatic carbocycles. The fourth-order valence-electron chi connectivity index (χ4n) is 2.23. The molecule has 0 spiro atoms. The van der Waals surface area contributed by atoms with E-state index in [0.717, 1.165) is 24.3 Å². The maximum Gasteiger partial charge on any atom is 0.441 e. The van der Waals surface area contributed by atoms with Gasteiger partial charge in [-0.15, -0.1) is 0 Å². The standard InChI is InChI=1S/C18H17F4N3O3/c1-2-28-15(26)17(18(20,21)22,24-14-10-8-12(19)9-11-14)25-16(27)23-13-6-4-3-5-7-13/h3-11,24H,2H2,1H3,(H2,23,25,27). The first-order valence-electron chi connectivity index (χ1n) is 8.10. The molecule has 6 nitrogen and oxygen atoms in total. The van der Waals surface area contributed by atoms with Crippen LogP contribution in [-0.4, -0.2) is 30.4 Å². The van der Waals surface area contributed by atoms with E-state index in [1.165, 1.54) is 19.1 Å². The van der Waals surface area contributed by atoms with E-state index in [2.05, 4.69) is 10.1 Å². The highest BCUT2D eigenvalue weighted by atomic mass is 19.4. The summed E-state index contributed by atoms with van der Waals surface area (Å²) in [5.41, 5.74) is -3.65. The summed E-state index contributed by atoms with van der Waals surface area (Å²) in [6.45, 7) is 0.963. The number of ether oxygens (including phenoxy) is 1. The number of amides is 2. The van der Waals surface area contributed by atoms with E-state index in [0.29, 0.717) is 0 Å². The maximum atomic E-state index is 13.9. The molecule has 0 aromatic heterocycles. The van der Waals surface area contributed by atoms with Gasteiger partial charge in [-0.2, -0.15) is 13.2 Å². The second-order valence-electron chi connectivity index (χ2n) is 5.55. The quantitative estimate of drug-likeness (QED) is 0.391. The average Bonchev–Trinajstić information content (AvgIpc) is 2.63. The number of carbonyl (C=O) groups excluding carboxylic acids is 2. The summed E-state index contributed by atoms with van der Waals surface area (Å²) in [5, 5.41) is 5.74. The SMILES string of the molecule is CCOC(=O)C(NC(=O)Nc1ccccc1)(Nc1ccc(F)cc1)C(F)(F)F. The Morgan fingerprint density at radius 1 is 0.964 bits per heavy atom. The molecular formula is C18H17F4N3O3. The van der Waals surface area contributed by atoms with Crippen molar-refractivity contribution in [2.45, 2.75) is 18.8 Å². The zero-order valence-electron chi connectivity index (χ0n) is 14.6. The van der Waals surface area contributed by atoms with Crippen molar-refractivity contribution in [2.24, 2.45) is 0 Å². The molecule has 0 radical (unpaired) electrons. The van der Waals surface area contributed by atoms with Gasteiger partial charge in [-0.3, -0.25) is 5.32 Å². The van der Waals surface area contributed by atoms with Gasteiger partial charge in [0, 0.05) is 11.4 Å². The number of urea groups is 1. The Morgan fingerprint density at radius 3 is 2.11 bits per heavy atom. The number of carbonyl (C=O) groups is 2. The maximum absolute atomic E-state index is 13.9. The van der Waals surface area contributed by atoms with Crippen molar-refractivity contribution in [1.29, 1.82) is 0 Å². The zero-order valence-corrected chi connectivity index (χ0v) is 14.6. The third-order valence-corrected chi connectivity index (χ3v) is 3.52. The van der Waals surface area contributed by atoms with Gasteiger partial charge in [0.2, 0.25) is 0 Å². The van der Waals surface area contributed by atoms with E-state index in [1.54, 1.807) is 23.5 Å². The molecule has 1 atom stereocenters. The molecule has 28 heavy (non-hydrogen) atoms. The second kappa shape index (κ2) is 8.59. The molecule has 1 unspecified atom stereocenters. The molecule has 2 amide bonds. The van der Waals surface area contributed by atoms with Crippen LogP contribution in [-0.2, 0) is 9.53 Å². The average molecular weight is 399 g/mol. The van der Waals surface area contributed by atoms with E-state index in [-0.39, 0.29) is 18.0 Å². The summed E-state index contributed by atoms with van der Waals surface area (Å²) in [6, 6.07) is 10.2. The molecule has 3 N–H and O–H groups in total. The minimum Gasteiger partial charge on any atom is -0.463 e. The number of hydrogen-bond acceptors (Lipinski definition) is 4. The van der Waals surface area contributed by atoms with Gasteiger partial charge in [-0.1, -0.05) is 18.2 Å². The van der Waals surface area contributed by atoms with Crippen molar-refractivity contribution in [1.82, 2.24) is 5.32 Å². The van der Waals surface area contributed by atoms with Crippen molar-refractivity contribution < 1.29 is 31.9 Å². The van der Waals surface area contributed by atoms with Crippen LogP contribution in [0.1, 0.15) is 6.92 Å². The summed E-state index contributed by atoms with van der Waals surface area (Å²) in [6.07, 6.45) is -5.29. The Hall–Kier alpha value is -3.30. The third kappa shape index (κ3) is 4.90. The molecule has 0 fully saturated rings. The van der Waals surface area contributed by atoms with Gasteiger partial charge in [-0.25, -0.2) is 14.0 Å². The van der Waals surface area contributed by atoms with Gasteiger partial charge in [0.1, 0.15) is 5.82 Å². The molecule has 0 saturated carbocycles. The number of hydrogen-bond donors (Lipinski definition) is 3. The Balaban J connectivity index is 2.38. The van der Waals surface area contributed by atoms with Gasteiger partial charge in [0.25, 0.3) is 0 Å². The van der Waals surface area contributed by atoms with Gasteiger partial charge >= 0.3 is 23.8 Å². The lowest BCUT2D eigenvalue weighted by molar-refractivity contribution is -0.204. The van der Waals surface area contributed by atoms with E-state index in [1.807, 2.05) is 5.32 Å². The number of para-hydroxylation sites is 1. The fourth-order valence-corrected chi connectivity index (χ4v) is 2.23. The predicted molar refractivity (Wildman–Crippen MR) is 94.0 cm³/mol. The smallest absolute Gasteiger partial charge is 0.441 e. The topological polar surface area (TPSA) is 79.5 Å². The summed E-state index contributed by atoms with van der Waals surface area (Å²) in [5.74, 6) is -2.45. The third-order valence-electron chi connectivity index (χ3n) is 3.52. The Labute approximate surface area is 157 Å². The van der Waals surface area contributed by atoms with Gasteiger partial charge in [0.05, 0.1) is 6.61 Å². The van der Waals surface area contributed by atoms with Crippen LogP contribution < -0.4 is 16.0 Å².